The van der Waals surface area contributed by atoms with Crippen LogP contribution < -0.4 is 14.2 Å². The Bertz CT molecular complexity index is 1790. The van der Waals surface area contributed by atoms with Gasteiger partial charge in [-0.3, -0.25) is 9.78 Å². The van der Waals surface area contributed by atoms with E-state index in [1.54, 1.807) is 22.9 Å². The highest BCUT2D eigenvalue weighted by Crippen LogP contribution is 2.38. The molecule has 0 spiro atoms. The van der Waals surface area contributed by atoms with Crippen LogP contribution in [0.1, 0.15) is 35.6 Å². The summed E-state index contributed by atoms with van der Waals surface area (Å²) in [7, 11) is 0. The Morgan fingerprint density at radius 2 is 1.72 bits per heavy atom. The summed E-state index contributed by atoms with van der Waals surface area (Å²) in [5, 5.41) is 1.51. The first kappa shape index (κ1) is 31.6. The minimum Gasteiger partial charge on any atom is -0.489 e. The van der Waals surface area contributed by atoms with Crippen molar-refractivity contribution in [2.45, 2.75) is 45.1 Å². The first-order chi connectivity index (χ1) is 22.3. The first-order valence-corrected chi connectivity index (χ1v) is 15.5. The van der Waals surface area contributed by atoms with Gasteiger partial charge >= 0.3 is 12.6 Å². The highest BCUT2D eigenvalue weighted by molar-refractivity contribution is 6.35. The molecule has 1 aliphatic rings. The standard InChI is InChI=1S/C35H30Cl2F2N2O5/c36-28-17-40-18-29(37)27(28)16-32(25-8-11-31(46-35(38)39)33(15-25)44-21-23-6-7-23)45-34(42)19-41-13-12-24-14-26(9-10-30(24)41)43-20-22-4-2-1-3-5-22/h1-5,8-15,17-18,23,32,35H,6-7,16,19-21H2/t32-/m0/s1. The van der Waals surface area contributed by atoms with Crippen LogP contribution in [0.15, 0.2) is 91.4 Å². The number of carbonyl (C=O) groups is 1. The van der Waals surface area contributed by atoms with E-state index in [9.17, 15) is 13.6 Å². The van der Waals surface area contributed by atoms with Crippen LogP contribution in [0.3, 0.4) is 0 Å². The van der Waals surface area contributed by atoms with E-state index in [-0.39, 0.29) is 24.5 Å². The summed E-state index contributed by atoms with van der Waals surface area (Å²) in [6, 6.07) is 22.0. The molecule has 0 radical (unpaired) electrons. The fourth-order valence-electron chi connectivity index (χ4n) is 5.05. The van der Waals surface area contributed by atoms with Gasteiger partial charge < -0.3 is 23.5 Å². The number of alkyl halides is 2. The van der Waals surface area contributed by atoms with Gasteiger partial charge in [-0.2, -0.15) is 8.78 Å². The molecular weight excluding hydrogens is 637 g/mol. The molecular formula is C35H30Cl2F2N2O5. The molecule has 238 valence electrons. The molecule has 0 unspecified atom stereocenters. The van der Waals surface area contributed by atoms with Gasteiger partial charge in [-0.15, -0.1) is 0 Å². The Labute approximate surface area is 274 Å². The lowest BCUT2D eigenvalue weighted by Crippen LogP contribution is -2.19. The minimum absolute atomic E-state index is 0.0837. The number of carbonyl (C=O) groups excluding carboxylic acids is 1. The predicted octanol–water partition coefficient (Wildman–Crippen LogP) is 8.84. The molecule has 2 heterocycles. The molecule has 2 aromatic heterocycles. The maximum Gasteiger partial charge on any atom is 0.387 e. The molecule has 0 amide bonds. The molecule has 0 aliphatic heterocycles. The smallest absolute Gasteiger partial charge is 0.387 e. The van der Waals surface area contributed by atoms with Gasteiger partial charge in [0.25, 0.3) is 0 Å². The highest BCUT2D eigenvalue weighted by Gasteiger charge is 2.26. The van der Waals surface area contributed by atoms with Gasteiger partial charge in [-0.1, -0.05) is 59.6 Å². The summed E-state index contributed by atoms with van der Waals surface area (Å²) in [5.74, 6) is 0.590. The molecule has 1 atom stereocenters. The maximum atomic E-state index is 13.4. The SMILES string of the molecule is O=C(Cn1ccc2cc(OCc3ccccc3)ccc21)O[C@@H](Cc1c(Cl)cncc1Cl)c1ccc(OC(F)F)c(OCC2CC2)c1. The van der Waals surface area contributed by atoms with E-state index in [0.29, 0.717) is 46.1 Å². The van der Waals surface area contributed by atoms with Gasteiger partial charge in [0, 0.05) is 35.9 Å². The molecule has 0 bridgehead atoms. The topological polar surface area (TPSA) is 71.8 Å². The van der Waals surface area contributed by atoms with Gasteiger partial charge in [-0.05, 0) is 71.8 Å². The lowest BCUT2D eigenvalue weighted by molar-refractivity contribution is -0.150. The van der Waals surface area contributed by atoms with Crippen molar-refractivity contribution < 1.29 is 32.5 Å². The van der Waals surface area contributed by atoms with Crippen LogP contribution in [0.5, 0.6) is 17.2 Å². The first-order valence-electron chi connectivity index (χ1n) is 14.8. The third kappa shape index (κ3) is 8.08. The van der Waals surface area contributed by atoms with E-state index in [0.717, 1.165) is 29.3 Å². The number of benzene rings is 3. The Kier molecular flexibility index (Phi) is 9.90. The van der Waals surface area contributed by atoms with Crippen LogP contribution in [0.2, 0.25) is 10.0 Å². The second-order valence-electron chi connectivity index (χ2n) is 11.0. The van der Waals surface area contributed by atoms with E-state index < -0.39 is 18.7 Å². The number of nitrogens with zero attached hydrogens (tertiary/aromatic N) is 2. The molecule has 46 heavy (non-hydrogen) atoms. The summed E-state index contributed by atoms with van der Waals surface area (Å²) < 4.78 is 50.6. The van der Waals surface area contributed by atoms with Crippen LogP contribution in [0.25, 0.3) is 10.9 Å². The van der Waals surface area contributed by atoms with E-state index >= 15 is 0 Å². The summed E-state index contributed by atoms with van der Waals surface area (Å²) in [5.41, 5.74) is 2.91. The quantitative estimate of drug-likeness (QED) is 0.110. The monoisotopic (exact) mass is 666 g/mol. The number of hydrogen-bond donors (Lipinski definition) is 0. The zero-order chi connectivity index (χ0) is 32.0. The molecule has 3 aromatic carbocycles. The number of hydrogen-bond acceptors (Lipinski definition) is 6. The van der Waals surface area contributed by atoms with Crippen molar-refractivity contribution in [1.29, 1.82) is 0 Å². The molecule has 11 heteroatoms. The zero-order valence-corrected chi connectivity index (χ0v) is 26.1. The number of esters is 1. The molecule has 1 fully saturated rings. The van der Waals surface area contributed by atoms with Crippen LogP contribution in [-0.4, -0.2) is 28.7 Å². The summed E-state index contributed by atoms with van der Waals surface area (Å²) in [6.45, 7) is -2.30. The van der Waals surface area contributed by atoms with Crippen molar-refractivity contribution >= 4 is 40.1 Å². The van der Waals surface area contributed by atoms with Crippen molar-refractivity contribution in [3.05, 3.63) is 118 Å². The molecule has 0 N–H and O–H groups in total. The summed E-state index contributed by atoms with van der Waals surface area (Å²) in [6.07, 6.45) is 5.97. The van der Waals surface area contributed by atoms with Crippen LogP contribution in [0.4, 0.5) is 8.78 Å². The molecule has 6 rings (SSSR count). The third-order valence-electron chi connectivity index (χ3n) is 7.63. The van der Waals surface area contributed by atoms with Crippen LogP contribution in [-0.2, 0) is 29.1 Å². The van der Waals surface area contributed by atoms with Crippen molar-refractivity contribution in [3.8, 4) is 17.2 Å². The minimum atomic E-state index is -3.03. The van der Waals surface area contributed by atoms with Gasteiger partial charge in [-0.25, -0.2) is 0 Å². The zero-order valence-electron chi connectivity index (χ0n) is 24.6. The second kappa shape index (κ2) is 14.4. The average Bonchev–Trinajstić information content (AvgIpc) is 3.80. The number of fused-ring (bicyclic) bond motifs is 1. The Morgan fingerprint density at radius 3 is 2.46 bits per heavy atom. The molecule has 0 saturated heterocycles. The van der Waals surface area contributed by atoms with Crippen LogP contribution >= 0.6 is 23.2 Å². The summed E-state index contributed by atoms with van der Waals surface area (Å²) in [4.78, 5) is 17.4. The second-order valence-corrected chi connectivity index (χ2v) is 11.9. The van der Waals surface area contributed by atoms with Gasteiger partial charge in [0.05, 0.1) is 16.7 Å². The number of halogens is 4. The van der Waals surface area contributed by atoms with E-state index in [1.807, 2.05) is 54.6 Å². The number of rotatable bonds is 14. The van der Waals surface area contributed by atoms with Crippen molar-refractivity contribution in [2.75, 3.05) is 6.61 Å². The van der Waals surface area contributed by atoms with E-state index in [2.05, 4.69) is 4.98 Å². The Balaban J connectivity index is 1.22. The predicted molar refractivity (Wildman–Crippen MR) is 171 cm³/mol. The molecule has 1 saturated carbocycles. The fraction of sp³-hybridized carbons (Fsp3) is 0.257. The number of aromatic nitrogens is 2. The molecule has 5 aromatic rings. The molecule has 1 aliphatic carbocycles. The average molecular weight is 668 g/mol. The number of pyridine rings is 1. The fourth-order valence-corrected chi connectivity index (χ4v) is 5.57. The largest absolute Gasteiger partial charge is 0.489 e. The lowest BCUT2D eigenvalue weighted by Gasteiger charge is -2.22. The normalized spacial score (nSPS) is 13.5. The number of ether oxygens (including phenoxy) is 4. The highest BCUT2D eigenvalue weighted by atomic mass is 35.5. The molecule has 7 nitrogen and oxygen atoms in total. The summed E-state index contributed by atoms with van der Waals surface area (Å²) >= 11 is 12.8. The Hall–Kier alpha value is -4.34. The van der Waals surface area contributed by atoms with Gasteiger partial charge in [0.2, 0.25) is 0 Å². The van der Waals surface area contributed by atoms with Crippen molar-refractivity contribution in [3.63, 3.8) is 0 Å². The van der Waals surface area contributed by atoms with Gasteiger partial charge in [0.1, 0.15) is 25.0 Å². The van der Waals surface area contributed by atoms with E-state index in [4.69, 9.17) is 42.1 Å². The third-order valence-corrected chi connectivity index (χ3v) is 8.28. The van der Waals surface area contributed by atoms with Crippen molar-refractivity contribution in [2.24, 2.45) is 5.92 Å². The van der Waals surface area contributed by atoms with Crippen molar-refractivity contribution in [1.82, 2.24) is 9.55 Å². The van der Waals surface area contributed by atoms with Gasteiger partial charge in [0.15, 0.2) is 11.5 Å². The lowest BCUT2D eigenvalue weighted by atomic mass is 10.0. The maximum absolute atomic E-state index is 13.4. The van der Waals surface area contributed by atoms with E-state index in [1.165, 1.54) is 18.5 Å². The Morgan fingerprint density at radius 1 is 0.935 bits per heavy atom. The van der Waals surface area contributed by atoms with Crippen LogP contribution in [0, 0.1) is 5.92 Å².